The summed E-state index contributed by atoms with van der Waals surface area (Å²) in [5.74, 6) is 1.90. The maximum Gasteiger partial charge on any atom is 0.130 e. The quantitative estimate of drug-likeness (QED) is 0.467. The molecular formula is C27H32N4O. The van der Waals surface area contributed by atoms with Gasteiger partial charge in [-0.3, -0.25) is 0 Å². The van der Waals surface area contributed by atoms with Crippen LogP contribution in [0.25, 0.3) is 21.8 Å². The summed E-state index contributed by atoms with van der Waals surface area (Å²) < 4.78 is 7.65. The molecule has 0 saturated heterocycles. The largest absolute Gasteiger partial charge is 0.497 e. The zero-order valence-corrected chi connectivity index (χ0v) is 19.2. The number of nitrogens with two attached hydrogens (primary N) is 1. The van der Waals surface area contributed by atoms with Gasteiger partial charge in [0.15, 0.2) is 0 Å². The Hall–Kier alpha value is -3.05. The number of benzene rings is 2. The van der Waals surface area contributed by atoms with Crippen LogP contribution < -0.4 is 15.4 Å². The van der Waals surface area contributed by atoms with E-state index in [0.29, 0.717) is 6.04 Å². The van der Waals surface area contributed by atoms with Gasteiger partial charge in [0.05, 0.1) is 12.6 Å². The number of hydrogen-bond acceptors (Lipinski definition) is 4. The second kappa shape index (κ2) is 8.47. The van der Waals surface area contributed by atoms with Crippen molar-refractivity contribution in [3.8, 4) is 5.75 Å². The van der Waals surface area contributed by atoms with E-state index in [1.54, 1.807) is 7.11 Å². The van der Waals surface area contributed by atoms with Crippen molar-refractivity contribution in [2.75, 3.05) is 12.0 Å². The van der Waals surface area contributed by atoms with Gasteiger partial charge in [-0.15, -0.1) is 0 Å². The van der Waals surface area contributed by atoms with E-state index in [2.05, 4.69) is 72.1 Å². The smallest absolute Gasteiger partial charge is 0.130 e. The van der Waals surface area contributed by atoms with E-state index in [-0.39, 0.29) is 6.04 Å². The van der Waals surface area contributed by atoms with Gasteiger partial charge in [0.25, 0.3) is 0 Å². The Labute approximate surface area is 189 Å². The van der Waals surface area contributed by atoms with E-state index in [0.717, 1.165) is 48.3 Å². The van der Waals surface area contributed by atoms with Crippen LogP contribution in [-0.2, 0) is 13.6 Å². The van der Waals surface area contributed by atoms with Gasteiger partial charge in [-0.2, -0.15) is 0 Å². The number of aryl methyl sites for hydroxylation is 2. The van der Waals surface area contributed by atoms with Crippen LogP contribution in [-0.4, -0.2) is 28.7 Å². The van der Waals surface area contributed by atoms with E-state index in [9.17, 15) is 0 Å². The summed E-state index contributed by atoms with van der Waals surface area (Å²) >= 11 is 0. The number of ether oxygens (including phenoxy) is 1. The number of nitrogens with zero attached hydrogens (tertiary/aromatic N) is 3. The highest BCUT2D eigenvalue weighted by Gasteiger charge is 2.27. The second-order valence-corrected chi connectivity index (χ2v) is 9.17. The molecular weight excluding hydrogens is 396 g/mol. The van der Waals surface area contributed by atoms with Gasteiger partial charge in [0, 0.05) is 48.2 Å². The van der Waals surface area contributed by atoms with Crippen molar-refractivity contribution in [1.82, 2.24) is 9.55 Å². The van der Waals surface area contributed by atoms with Crippen LogP contribution >= 0.6 is 0 Å². The Morgan fingerprint density at radius 2 is 1.97 bits per heavy atom. The third kappa shape index (κ3) is 3.82. The lowest BCUT2D eigenvalue weighted by Crippen LogP contribution is -2.42. The van der Waals surface area contributed by atoms with Crippen LogP contribution in [0.1, 0.15) is 36.8 Å². The van der Waals surface area contributed by atoms with Crippen LogP contribution in [0.4, 0.5) is 5.82 Å². The highest BCUT2D eigenvalue weighted by molar-refractivity contribution is 5.86. The van der Waals surface area contributed by atoms with Crippen molar-refractivity contribution in [1.29, 1.82) is 0 Å². The molecule has 166 valence electrons. The molecule has 32 heavy (non-hydrogen) atoms. The zero-order chi connectivity index (χ0) is 22.2. The molecule has 0 spiro atoms. The summed E-state index contributed by atoms with van der Waals surface area (Å²) in [5.41, 5.74) is 11.2. The van der Waals surface area contributed by atoms with Crippen molar-refractivity contribution in [3.05, 3.63) is 65.9 Å². The molecule has 2 aromatic heterocycles. The summed E-state index contributed by atoms with van der Waals surface area (Å²) in [6.45, 7) is 2.99. The number of aromatic nitrogens is 2. The molecule has 2 heterocycles. The molecule has 1 saturated carbocycles. The molecule has 0 bridgehead atoms. The Morgan fingerprint density at radius 3 is 2.78 bits per heavy atom. The number of para-hydroxylation sites is 1. The van der Waals surface area contributed by atoms with Gasteiger partial charge in [0.2, 0.25) is 0 Å². The summed E-state index contributed by atoms with van der Waals surface area (Å²) in [5, 5.41) is 2.45. The van der Waals surface area contributed by atoms with Crippen molar-refractivity contribution >= 4 is 27.6 Å². The van der Waals surface area contributed by atoms with E-state index in [1.165, 1.54) is 28.5 Å². The predicted octanol–water partition coefficient (Wildman–Crippen LogP) is 5.32. The molecule has 2 unspecified atom stereocenters. The van der Waals surface area contributed by atoms with E-state index in [1.807, 2.05) is 6.07 Å². The molecule has 4 aromatic rings. The number of rotatable bonds is 5. The first-order valence-corrected chi connectivity index (χ1v) is 11.5. The average molecular weight is 429 g/mol. The SMILES string of the molecule is COc1ccc2nc(N(Cc3cn(C)c4ccccc34)C3CCCC(N)C3)cc(C)c2c1. The van der Waals surface area contributed by atoms with E-state index < -0.39 is 0 Å². The Balaban J connectivity index is 1.60. The third-order valence-electron chi connectivity index (χ3n) is 6.95. The Bertz CT molecular complexity index is 1260. The minimum Gasteiger partial charge on any atom is -0.497 e. The highest BCUT2D eigenvalue weighted by Crippen LogP contribution is 2.33. The maximum atomic E-state index is 6.42. The van der Waals surface area contributed by atoms with Crippen molar-refractivity contribution < 1.29 is 4.74 Å². The van der Waals surface area contributed by atoms with Crippen LogP contribution in [0.3, 0.4) is 0 Å². The first kappa shape index (κ1) is 20.8. The van der Waals surface area contributed by atoms with Gasteiger partial charge < -0.3 is 19.9 Å². The van der Waals surface area contributed by atoms with Gasteiger partial charge >= 0.3 is 0 Å². The fourth-order valence-electron chi connectivity index (χ4n) is 5.25. The molecule has 1 aliphatic rings. The van der Waals surface area contributed by atoms with E-state index in [4.69, 9.17) is 15.5 Å². The van der Waals surface area contributed by atoms with Crippen LogP contribution in [0, 0.1) is 6.92 Å². The number of methoxy groups -OCH3 is 1. The van der Waals surface area contributed by atoms with Crippen LogP contribution in [0.2, 0.25) is 0 Å². The van der Waals surface area contributed by atoms with Crippen molar-refractivity contribution in [3.63, 3.8) is 0 Å². The molecule has 0 amide bonds. The summed E-state index contributed by atoms with van der Waals surface area (Å²) in [4.78, 5) is 7.62. The first-order chi connectivity index (χ1) is 15.5. The van der Waals surface area contributed by atoms with Gasteiger partial charge in [-0.05, 0) is 74.1 Å². The molecule has 1 fully saturated rings. The minimum atomic E-state index is 0.259. The standard InChI is InChI=1S/C27H32N4O/c1-18-13-27(29-25-12-11-22(32-3)15-24(18)25)31(21-8-6-7-20(28)14-21)17-19-16-30(2)26-10-5-4-9-23(19)26/h4-5,9-13,15-16,20-21H,6-8,14,17,28H2,1-3H3. The van der Waals surface area contributed by atoms with Crippen LogP contribution in [0.5, 0.6) is 5.75 Å². The molecule has 1 aliphatic carbocycles. The third-order valence-corrected chi connectivity index (χ3v) is 6.95. The maximum absolute atomic E-state index is 6.42. The second-order valence-electron chi connectivity index (χ2n) is 9.17. The fourth-order valence-corrected chi connectivity index (χ4v) is 5.25. The van der Waals surface area contributed by atoms with Gasteiger partial charge in [-0.1, -0.05) is 18.2 Å². The summed E-state index contributed by atoms with van der Waals surface area (Å²) in [6, 6.07) is 17.6. The normalized spacial score (nSPS) is 18.9. The molecule has 0 radical (unpaired) electrons. The Morgan fingerprint density at radius 1 is 1.12 bits per heavy atom. The lowest BCUT2D eigenvalue weighted by atomic mass is 9.90. The monoisotopic (exact) mass is 428 g/mol. The summed E-state index contributed by atoms with van der Waals surface area (Å²) in [6.07, 6.45) is 6.70. The average Bonchev–Trinajstić information content (AvgIpc) is 3.12. The molecule has 2 N–H and O–H groups in total. The topological polar surface area (TPSA) is 56.3 Å². The number of fused-ring (bicyclic) bond motifs is 2. The molecule has 2 atom stereocenters. The number of pyridine rings is 1. The molecule has 5 heteroatoms. The van der Waals surface area contributed by atoms with Crippen molar-refractivity contribution in [2.45, 2.75) is 51.2 Å². The van der Waals surface area contributed by atoms with E-state index >= 15 is 0 Å². The van der Waals surface area contributed by atoms with Crippen LogP contribution in [0.15, 0.2) is 54.7 Å². The Kier molecular flexibility index (Phi) is 5.51. The summed E-state index contributed by atoms with van der Waals surface area (Å²) in [7, 11) is 3.83. The van der Waals surface area contributed by atoms with Crippen molar-refractivity contribution in [2.24, 2.45) is 12.8 Å². The molecule has 5 nitrogen and oxygen atoms in total. The fraction of sp³-hybridized carbons (Fsp3) is 0.370. The predicted molar refractivity (Wildman–Crippen MR) is 132 cm³/mol. The van der Waals surface area contributed by atoms with Gasteiger partial charge in [-0.25, -0.2) is 4.98 Å². The zero-order valence-electron chi connectivity index (χ0n) is 19.2. The first-order valence-electron chi connectivity index (χ1n) is 11.5. The lowest BCUT2D eigenvalue weighted by Gasteiger charge is -2.37. The lowest BCUT2D eigenvalue weighted by molar-refractivity contribution is 0.370. The molecule has 0 aliphatic heterocycles. The molecule has 2 aromatic carbocycles. The molecule has 5 rings (SSSR count). The number of hydrogen-bond donors (Lipinski definition) is 1. The van der Waals surface area contributed by atoms with Gasteiger partial charge in [0.1, 0.15) is 11.6 Å². The highest BCUT2D eigenvalue weighted by atomic mass is 16.5. The number of anilines is 1. The minimum absolute atomic E-state index is 0.259.